The Morgan fingerprint density at radius 1 is 1.11 bits per heavy atom. The summed E-state index contributed by atoms with van der Waals surface area (Å²) in [6.45, 7) is 8.23. The van der Waals surface area contributed by atoms with Gasteiger partial charge in [0.25, 0.3) is 5.91 Å². The number of thiophene rings is 1. The third-order valence-corrected chi connectivity index (χ3v) is 5.21. The minimum absolute atomic E-state index is 0.0119. The lowest BCUT2D eigenvalue weighted by Crippen LogP contribution is -2.17. The van der Waals surface area contributed by atoms with E-state index in [0.29, 0.717) is 10.6 Å². The van der Waals surface area contributed by atoms with Crippen LogP contribution in [0.15, 0.2) is 24.3 Å². The molecule has 6 nitrogen and oxygen atoms in total. The van der Waals surface area contributed by atoms with Crippen LogP contribution in [0.4, 0.5) is 5.00 Å². The van der Waals surface area contributed by atoms with Gasteiger partial charge >= 0.3 is 5.97 Å². The minimum Gasteiger partial charge on any atom is -0.481 e. The molecule has 2 rings (SSSR count). The molecule has 2 aromatic rings. The molecular formula is C20H24N2O4S. The predicted octanol–water partition coefficient (Wildman–Crippen LogP) is 3.92. The second-order valence-corrected chi connectivity index (χ2v) is 8.60. The molecule has 0 unspecified atom stereocenters. The molecule has 0 aliphatic carbocycles. The van der Waals surface area contributed by atoms with Crippen LogP contribution < -0.4 is 11.1 Å². The molecule has 0 saturated heterocycles. The third kappa shape index (κ3) is 4.95. The van der Waals surface area contributed by atoms with Crippen LogP contribution in [-0.4, -0.2) is 22.9 Å². The SMILES string of the molecule is Cc1sc(NC(=O)CCC(=O)O)c(C(N)=O)c1-c1ccc(C(C)(C)C)cc1. The van der Waals surface area contributed by atoms with Gasteiger partial charge in [-0.15, -0.1) is 11.3 Å². The summed E-state index contributed by atoms with van der Waals surface area (Å²) < 4.78 is 0. The first kappa shape index (κ1) is 20.6. The first-order valence-electron chi connectivity index (χ1n) is 8.56. The van der Waals surface area contributed by atoms with Gasteiger partial charge in [-0.3, -0.25) is 14.4 Å². The normalized spacial score (nSPS) is 11.3. The molecule has 1 aromatic heterocycles. The van der Waals surface area contributed by atoms with Gasteiger partial charge in [-0.2, -0.15) is 0 Å². The van der Waals surface area contributed by atoms with E-state index in [1.807, 2.05) is 31.2 Å². The van der Waals surface area contributed by atoms with Crippen molar-refractivity contribution in [3.63, 3.8) is 0 Å². The van der Waals surface area contributed by atoms with Gasteiger partial charge in [0, 0.05) is 16.9 Å². The number of anilines is 1. The summed E-state index contributed by atoms with van der Waals surface area (Å²) in [4.78, 5) is 35.5. The number of amides is 2. The number of carboxylic acids is 1. The van der Waals surface area contributed by atoms with Crippen molar-refractivity contribution in [1.29, 1.82) is 0 Å². The van der Waals surface area contributed by atoms with Crippen LogP contribution in [0.25, 0.3) is 11.1 Å². The van der Waals surface area contributed by atoms with Gasteiger partial charge in [-0.1, -0.05) is 45.0 Å². The highest BCUT2D eigenvalue weighted by molar-refractivity contribution is 7.17. The number of aryl methyl sites for hydroxylation is 1. The fourth-order valence-corrected chi connectivity index (χ4v) is 3.86. The highest BCUT2D eigenvalue weighted by atomic mass is 32.1. The number of aliphatic carboxylic acids is 1. The van der Waals surface area contributed by atoms with E-state index in [2.05, 4.69) is 26.1 Å². The fraction of sp³-hybridized carbons (Fsp3) is 0.350. The summed E-state index contributed by atoms with van der Waals surface area (Å²) in [7, 11) is 0. The van der Waals surface area contributed by atoms with Crippen LogP contribution in [0.5, 0.6) is 0 Å². The molecule has 0 spiro atoms. The van der Waals surface area contributed by atoms with E-state index >= 15 is 0 Å². The zero-order chi connectivity index (χ0) is 20.4. The number of carboxylic acid groups (broad SMARTS) is 1. The van der Waals surface area contributed by atoms with Crippen LogP contribution >= 0.6 is 11.3 Å². The predicted molar refractivity (Wildman–Crippen MR) is 107 cm³/mol. The molecule has 0 fully saturated rings. The van der Waals surface area contributed by atoms with Crippen molar-refractivity contribution in [3.05, 3.63) is 40.3 Å². The van der Waals surface area contributed by atoms with E-state index < -0.39 is 17.8 Å². The lowest BCUT2D eigenvalue weighted by molar-refractivity contribution is -0.138. The second-order valence-electron chi connectivity index (χ2n) is 7.37. The number of hydrogen-bond acceptors (Lipinski definition) is 4. The fourth-order valence-electron chi connectivity index (χ4n) is 2.76. The van der Waals surface area contributed by atoms with Gasteiger partial charge in [0.15, 0.2) is 0 Å². The maximum atomic E-state index is 12.1. The number of nitrogens with two attached hydrogens (primary N) is 1. The second kappa shape index (κ2) is 7.92. The Morgan fingerprint density at radius 2 is 1.70 bits per heavy atom. The Bertz CT molecular complexity index is 877. The standard InChI is InChI=1S/C20H24N2O4S/c1-11-16(12-5-7-13(8-6-12)20(2,3)4)17(18(21)26)19(27-11)22-14(23)9-10-15(24)25/h5-8H,9-10H2,1-4H3,(H2,21,26)(H,22,23)(H,24,25). The maximum absolute atomic E-state index is 12.1. The highest BCUT2D eigenvalue weighted by Crippen LogP contribution is 2.40. The first-order valence-corrected chi connectivity index (χ1v) is 9.38. The highest BCUT2D eigenvalue weighted by Gasteiger charge is 2.23. The molecule has 0 saturated carbocycles. The Labute approximate surface area is 162 Å². The Kier molecular flexibility index (Phi) is 6.05. The molecule has 2 amide bonds. The zero-order valence-corrected chi connectivity index (χ0v) is 16.7. The van der Waals surface area contributed by atoms with Gasteiger partial charge in [-0.05, 0) is 23.5 Å². The molecule has 0 bridgehead atoms. The smallest absolute Gasteiger partial charge is 0.303 e. The molecule has 0 radical (unpaired) electrons. The molecule has 27 heavy (non-hydrogen) atoms. The number of primary amides is 1. The third-order valence-electron chi connectivity index (χ3n) is 4.19. The van der Waals surface area contributed by atoms with E-state index in [1.165, 1.54) is 16.9 Å². The van der Waals surface area contributed by atoms with E-state index in [-0.39, 0.29) is 23.8 Å². The summed E-state index contributed by atoms with van der Waals surface area (Å²) in [5.74, 6) is -2.15. The van der Waals surface area contributed by atoms with Gasteiger partial charge in [-0.25, -0.2) is 0 Å². The van der Waals surface area contributed by atoms with E-state index in [0.717, 1.165) is 10.4 Å². The van der Waals surface area contributed by atoms with Crippen LogP contribution in [0.2, 0.25) is 0 Å². The maximum Gasteiger partial charge on any atom is 0.303 e. The van der Waals surface area contributed by atoms with Gasteiger partial charge in [0.05, 0.1) is 12.0 Å². The van der Waals surface area contributed by atoms with Crippen LogP contribution in [0.1, 0.15) is 54.4 Å². The van der Waals surface area contributed by atoms with Crippen molar-refractivity contribution >= 4 is 34.1 Å². The number of hydrogen-bond donors (Lipinski definition) is 3. The molecule has 0 aliphatic rings. The Morgan fingerprint density at radius 3 is 2.19 bits per heavy atom. The summed E-state index contributed by atoms with van der Waals surface area (Å²) in [5, 5.41) is 11.7. The number of carbonyl (C=O) groups excluding carboxylic acids is 2. The van der Waals surface area contributed by atoms with Gasteiger partial charge < -0.3 is 16.2 Å². The van der Waals surface area contributed by atoms with E-state index in [1.54, 1.807) is 0 Å². The largest absolute Gasteiger partial charge is 0.481 e. The number of benzene rings is 1. The number of carbonyl (C=O) groups is 3. The number of nitrogens with one attached hydrogen (secondary N) is 1. The quantitative estimate of drug-likeness (QED) is 0.696. The molecule has 144 valence electrons. The minimum atomic E-state index is -1.05. The van der Waals surface area contributed by atoms with Crippen molar-refractivity contribution in [3.8, 4) is 11.1 Å². The zero-order valence-electron chi connectivity index (χ0n) is 15.9. The average molecular weight is 388 g/mol. The van der Waals surface area contributed by atoms with Crippen LogP contribution in [0.3, 0.4) is 0 Å². The van der Waals surface area contributed by atoms with Crippen molar-refractivity contribution in [2.45, 2.75) is 46.0 Å². The Hall–Kier alpha value is -2.67. The summed E-state index contributed by atoms with van der Waals surface area (Å²) in [5.41, 5.74) is 8.56. The van der Waals surface area contributed by atoms with Crippen LogP contribution in [-0.2, 0) is 15.0 Å². The van der Waals surface area contributed by atoms with Crippen molar-refractivity contribution < 1.29 is 19.5 Å². The first-order chi connectivity index (χ1) is 12.5. The molecule has 1 heterocycles. The van der Waals surface area contributed by atoms with E-state index in [4.69, 9.17) is 10.8 Å². The summed E-state index contributed by atoms with van der Waals surface area (Å²) in [6, 6.07) is 7.92. The summed E-state index contributed by atoms with van der Waals surface area (Å²) in [6.07, 6.45) is -0.441. The molecule has 0 atom stereocenters. The van der Waals surface area contributed by atoms with Crippen molar-refractivity contribution in [2.75, 3.05) is 5.32 Å². The topological polar surface area (TPSA) is 109 Å². The van der Waals surface area contributed by atoms with Crippen LogP contribution in [0, 0.1) is 6.92 Å². The average Bonchev–Trinajstić information content (AvgIpc) is 2.88. The van der Waals surface area contributed by atoms with Gasteiger partial charge in [0.2, 0.25) is 5.91 Å². The summed E-state index contributed by atoms with van der Waals surface area (Å²) >= 11 is 1.26. The lowest BCUT2D eigenvalue weighted by atomic mass is 9.86. The molecular weight excluding hydrogens is 364 g/mol. The van der Waals surface area contributed by atoms with E-state index in [9.17, 15) is 14.4 Å². The van der Waals surface area contributed by atoms with Crippen molar-refractivity contribution in [1.82, 2.24) is 0 Å². The Balaban J connectivity index is 2.40. The molecule has 1 aromatic carbocycles. The monoisotopic (exact) mass is 388 g/mol. The molecule has 4 N–H and O–H groups in total. The van der Waals surface area contributed by atoms with Crippen molar-refractivity contribution in [2.24, 2.45) is 5.73 Å². The number of rotatable bonds is 6. The lowest BCUT2D eigenvalue weighted by Gasteiger charge is -2.19. The molecule has 0 aliphatic heterocycles. The van der Waals surface area contributed by atoms with Gasteiger partial charge in [0.1, 0.15) is 5.00 Å². The molecule has 7 heteroatoms.